The number of carbonyl (C=O) groups is 2. The Labute approximate surface area is 203 Å². The first kappa shape index (κ1) is 24.1. The third-order valence-corrected chi connectivity index (χ3v) is 11.7. The Morgan fingerprint density at radius 1 is 0.882 bits per heavy atom. The van der Waals surface area contributed by atoms with E-state index in [4.69, 9.17) is 4.43 Å². The highest BCUT2D eigenvalue weighted by atomic mass is 28.4. The van der Waals surface area contributed by atoms with Crippen LogP contribution in [-0.2, 0) is 9.22 Å². The summed E-state index contributed by atoms with van der Waals surface area (Å²) in [5.41, 5.74) is 0.673. The molecule has 34 heavy (non-hydrogen) atoms. The molecule has 3 aromatic carbocycles. The van der Waals surface area contributed by atoms with Crippen molar-refractivity contribution < 1.29 is 14.0 Å². The zero-order valence-electron chi connectivity index (χ0n) is 20.2. The van der Waals surface area contributed by atoms with Crippen molar-refractivity contribution in [1.29, 1.82) is 0 Å². The molecule has 0 radical (unpaired) electrons. The van der Waals surface area contributed by atoms with Crippen LogP contribution in [-0.4, -0.2) is 32.2 Å². The molecule has 1 aliphatic rings. The minimum atomic E-state index is -2.76. The van der Waals surface area contributed by atoms with E-state index in [0.29, 0.717) is 18.4 Å². The molecular formula is C29H33NO3Si. The maximum atomic E-state index is 12.8. The van der Waals surface area contributed by atoms with Gasteiger partial charge in [-0.25, -0.2) is 0 Å². The molecule has 0 aromatic heterocycles. The van der Waals surface area contributed by atoms with Crippen LogP contribution in [0.15, 0.2) is 91.0 Å². The summed E-state index contributed by atoms with van der Waals surface area (Å²) in [6.07, 6.45) is 0.944. The first-order chi connectivity index (χ1) is 16.3. The molecule has 0 saturated carbocycles. The second-order valence-electron chi connectivity index (χ2n) is 10.1. The highest BCUT2D eigenvalue weighted by Crippen LogP contribution is 2.38. The second-order valence-corrected chi connectivity index (χ2v) is 14.4. The molecular weight excluding hydrogens is 438 g/mol. The molecule has 176 valence electrons. The normalized spacial score (nSPS) is 18.9. The summed E-state index contributed by atoms with van der Waals surface area (Å²) in [7, 11) is -2.76. The Hall–Kier alpha value is -3.02. The molecule has 0 bridgehead atoms. The van der Waals surface area contributed by atoms with Gasteiger partial charge in [0.2, 0.25) is 5.91 Å². The van der Waals surface area contributed by atoms with Crippen LogP contribution in [0.2, 0.25) is 5.04 Å². The van der Waals surface area contributed by atoms with Gasteiger partial charge in [0.1, 0.15) is 0 Å². The van der Waals surface area contributed by atoms with E-state index in [0.717, 1.165) is 0 Å². The molecule has 5 heteroatoms. The molecule has 1 N–H and O–H groups in total. The van der Waals surface area contributed by atoms with E-state index in [2.05, 4.69) is 74.6 Å². The first-order valence-electron chi connectivity index (χ1n) is 12.0. The van der Waals surface area contributed by atoms with Crippen molar-refractivity contribution in [2.24, 2.45) is 0 Å². The number of hydrogen-bond acceptors (Lipinski definition) is 3. The third kappa shape index (κ3) is 5.06. The van der Waals surface area contributed by atoms with Gasteiger partial charge < -0.3 is 9.74 Å². The van der Waals surface area contributed by atoms with Gasteiger partial charge in [-0.05, 0) is 21.8 Å². The summed E-state index contributed by atoms with van der Waals surface area (Å²) in [6, 6.07) is 29.9. The van der Waals surface area contributed by atoms with E-state index >= 15 is 0 Å². The Balaban J connectivity index is 1.66. The summed E-state index contributed by atoms with van der Waals surface area (Å²) in [5, 5.41) is 5.24. The van der Waals surface area contributed by atoms with Gasteiger partial charge in [-0.1, -0.05) is 112 Å². The molecule has 4 rings (SSSR count). The highest BCUT2D eigenvalue weighted by Gasteiger charge is 2.52. The number of rotatable bonds is 7. The molecule has 2 atom stereocenters. The van der Waals surface area contributed by atoms with Gasteiger partial charge in [-0.2, -0.15) is 0 Å². The fraction of sp³-hybridized carbons (Fsp3) is 0.310. The number of nitrogens with one attached hydrogen (secondary N) is 1. The van der Waals surface area contributed by atoms with Gasteiger partial charge in [-0.15, -0.1) is 0 Å². The van der Waals surface area contributed by atoms with E-state index in [1.54, 1.807) is 0 Å². The predicted octanol–water partition coefficient (Wildman–Crippen LogP) is 4.48. The average molecular weight is 472 g/mol. The van der Waals surface area contributed by atoms with Crippen LogP contribution in [0.3, 0.4) is 0 Å². The van der Waals surface area contributed by atoms with Crippen LogP contribution >= 0.6 is 0 Å². The topological polar surface area (TPSA) is 55.4 Å². The Morgan fingerprint density at radius 3 is 1.88 bits per heavy atom. The molecule has 1 amide bonds. The zero-order valence-corrected chi connectivity index (χ0v) is 21.2. The minimum absolute atomic E-state index is 0.0389. The molecule has 0 aliphatic carbocycles. The maximum Gasteiger partial charge on any atom is 0.261 e. The number of ketones is 1. The first-order valence-corrected chi connectivity index (χ1v) is 13.9. The van der Waals surface area contributed by atoms with Crippen LogP contribution < -0.4 is 15.7 Å². The van der Waals surface area contributed by atoms with E-state index < -0.39 is 8.32 Å². The summed E-state index contributed by atoms with van der Waals surface area (Å²) in [4.78, 5) is 25.6. The third-order valence-electron chi connectivity index (χ3n) is 6.61. The lowest BCUT2D eigenvalue weighted by molar-refractivity contribution is -0.126. The van der Waals surface area contributed by atoms with Crippen molar-refractivity contribution in [2.75, 3.05) is 0 Å². The van der Waals surface area contributed by atoms with E-state index in [1.807, 2.05) is 42.5 Å². The Bertz CT molecular complexity index is 1070. The minimum Gasteiger partial charge on any atom is -0.404 e. The number of hydrogen-bond donors (Lipinski definition) is 1. The molecule has 4 nitrogen and oxygen atoms in total. The SMILES string of the molecule is CC(C)(C)[Si](O[C@H]1CC(=O)N[C@H](CC(=O)c2ccccc2)C1)(c1ccccc1)c1ccccc1. The van der Waals surface area contributed by atoms with Gasteiger partial charge in [0, 0.05) is 18.0 Å². The standard InChI is InChI=1S/C29H33NO3Si/c1-29(2,3)34(25-15-9-5-10-16-25,26-17-11-6-12-18-26)33-24-19-23(30-28(32)21-24)20-27(31)22-13-7-4-8-14-22/h4-18,23-24H,19-21H2,1-3H3,(H,30,32)/t23-,24+/m0/s1. The van der Waals surface area contributed by atoms with Crippen molar-refractivity contribution in [2.45, 2.75) is 57.2 Å². The van der Waals surface area contributed by atoms with Crippen LogP contribution in [0.25, 0.3) is 0 Å². The zero-order chi connectivity index (χ0) is 24.2. The van der Waals surface area contributed by atoms with Crippen molar-refractivity contribution in [3.05, 3.63) is 96.6 Å². The quantitative estimate of drug-likeness (QED) is 0.408. The predicted molar refractivity (Wildman–Crippen MR) is 139 cm³/mol. The van der Waals surface area contributed by atoms with Crippen LogP contribution in [0.4, 0.5) is 0 Å². The molecule has 1 heterocycles. The summed E-state index contributed by atoms with van der Waals surface area (Å²) < 4.78 is 7.17. The lowest BCUT2D eigenvalue weighted by Gasteiger charge is -2.46. The van der Waals surface area contributed by atoms with Crippen LogP contribution in [0.5, 0.6) is 0 Å². The number of Topliss-reactive ketones (excluding diaryl/α,β-unsaturated/α-hetero) is 1. The molecule has 3 aromatic rings. The number of benzene rings is 3. The summed E-state index contributed by atoms with van der Waals surface area (Å²) >= 11 is 0. The molecule has 1 saturated heterocycles. The van der Waals surface area contributed by atoms with Crippen molar-refractivity contribution >= 4 is 30.4 Å². The lowest BCUT2D eigenvalue weighted by Crippen LogP contribution is -2.68. The smallest absolute Gasteiger partial charge is 0.261 e. The summed E-state index contributed by atoms with van der Waals surface area (Å²) in [6.45, 7) is 6.70. The average Bonchev–Trinajstić information content (AvgIpc) is 2.83. The Kier molecular flexibility index (Phi) is 7.15. The Morgan fingerprint density at radius 2 is 1.38 bits per heavy atom. The molecule has 0 spiro atoms. The van der Waals surface area contributed by atoms with Crippen LogP contribution in [0.1, 0.15) is 50.4 Å². The number of piperidine rings is 1. The number of carbonyl (C=O) groups excluding carboxylic acids is 2. The van der Waals surface area contributed by atoms with Gasteiger partial charge in [0.15, 0.2) is 5.78 Å². The van der Waals surface area contributed by atoms with Crippen molar-refractivity contribution in [1.82, 2.24) is 5.32 Å². The van der Waals surface area contributed by atoms with E-state index in [9.17, 15) is 9.59 Å². The molecule has 1 aliphatic heterocycles. The summed E-state index contributed by atoms with van der Waals surface area (Å²) in [5.74, 6) is -0.0166. The monoisotopic (exact) mass is 471 g/mol. The van der Waals surface area contributed by atoms with Crippen molar-refractivity contribution in [3.63, 3.8) is 0 Å². The maximum absolute atomic E-state index is 12.8. The van der Waals surface area contributed by atoms with Gasteiger partial charge in [-0.3, -0.25) is 9.59 Å². The largest absolute Gasteiger partial charge is 0.404 e. The highest BCUT2D eigenvalue weighted by molar-refractivity contribution is 6.99. The lowest BCUT2D eigenvalue weighted by atomic mass is 9.95. The fourth-order valence-electron chi connectivity index (χ4n) is 5.08. The van der Waals surface area contributed by atoms with E-state index in [-0.39, 0.29) is 35.3 Å². The number of amides is 1. The van der Waals surface area contributed by atoms with Gasteiger partial charge in [0.05, 0.1) is 12.5 Å². The van der Waals surface area contributed by atoms with Crippen LogP contribution in [0, 0.1) is 0 Å². The van der Waals surface area contributed by atoms with Crippen molar-refractivity contribution in [3.8, 4) is 0 Å². The fourth-order valence-corrected chi connectivity index (χ4v) is 9.78. The molecule has 1 fully saturated rings. The van der Waals surface area contributed by atoms with Gasteiger partial charge in [0.25, 0.3) is 8.32 Å². The second kappa shape index (κ2) is 10.1. The molecule has 0 unspecified atom stereocenters. The van der Waals surface area contributed by atoms with E-state index in [1.165, 1.54) is 10.4 Å². The van der Waals surface area contributed by atoms with Gasteiger partial charge >= 0.3 is 0 Å².